The molecule has 0 atom stereocenters. The number of amides is 1. The third-order valence-electron chi connectivity index (χ3n) is 4.01. The number of aryl methyl sites for hydroxylation is 1. The van der Waals surface area contributed by atoms with Crippen LogP contribution in [0.1, 0.15) is 30.9 Å². The van der Waals surface area contributed by atoms with Crippen molar-refractivity contribution in [2.75, 3.05) is 11.6 Å². The minimum atomic E-state index is -0.358. The number of ether oxygens (including phenoxy) is 1. The predicted octanol–water partition coefficient (Wildman–Crippen LogP) is 3.32. The Labute approximate surface area is 146 Å². The van der Waals surface area contributed by atoms with Crippen molar-refractivity contribution in [3.63, 3.8) is 0 Å². The number of hydrogen-bond acceptors (Lipinski definition) is 4. The van der Waals surface area contributed by atoms with E-state index in [1.54, 1.807) is 6.92 Å². The normalized spacial score (nSPS) is 14.2. The quantitative estimate of drug-likeness (QED) is 0.622. The minimum absolute atomic E-state index is 0.0177. The number of anilines is 1. The van der Waals surface area contributed by atoms with E-state index in [-0.39, 0.29) is 18.3 Å². The Bertz CT molecular complexity index is 800. The molecule has 0 bridgehead atoms. The van der Waals surface area contributed by atoms with Gasteiger partial charge in [0.1, 0.15) is 0 Å². The third kappa shape index (κ3) is 3.94. The standard InChI is InChI=1S/C20H20N2O3/c1-2-25-20(24)14-17(15-8-4-3-5-9-15)21-22-18-11-7-6-10-16(18)12-13-19(22)23/h3-11H,2,12-14H2,1H3. The molecule has 128 valence electrons. The molecular weight excluding hydrogens is 316 g/mol. The van der Waals surface area contributed by atoms with Gasteiger partial charge in [-0.1, -0.05) is 48.5 Å². The second-order valence-electron chi connectivity index (χ2n) is 5.73. The van der Waals surface area contributed by atoms with E-state index in [4.69, 9.17) is 4.74 Å². The lowest BCUT2D eigenvalue weighted by Crippen LogP contribution is -2.32. The van der Waals surface area contributed by atoms with Crippen LogP contribution in [-0.2, 0) is 20.7 Å². The molecule has 0 aliphatic carbocycles. The molecule has 5 nitrogen and oxygen atoms in total. The molecule has 0 radical (unpaired) electrons. The van der Waals surface area contributed by atoms with E-state index in [0.29, 0.717) is 25.2 Å². The molecule has 0 unspecified atom stereocenters. The van der Waals surface area contributed by atoms with Crippen molar-refractivity contribution in [2.45, 2.75) is 26.2 Å². The molecule has 0 spiro atoms. The summed E-state index contributed by atoms with van der Waals surface area (Å²) in [6, 6.07) is 17.1. The highest BCUT2D eigenvalue weighted by molar-refractivity contribution is 6.11. The molecule has 2 aromatic carbocycles. The van der Waals surface area contributed by atoms with Crippen molar-refractivity contribution < 1.29 is 14.3 Å². The van der Waals surface area contributed by atoms with E-state index in [1.807, 2.05) is 54.6 Å². The Kier molecular flexibility index (Phi) is 5.23. The van der Waals surface area contributed by atoms with Gasteiger partial charge in [0.25, 0.3) is 0 Å². The van der Waals surface area contributed by atoms with Gasteiger partial charge in [0.05, 0.1) is 24.4 Å². The SMILES string of the molecule is CCOC(=O)CC(=NN1C(=O)CCc2ccccc21)c1ccccc1. The fourth-order valence-electron chi connectivity index (χ4n) is 2.82. The van der Waals surface area contributed by atoms with Crippen LogP contribution >= 0.6 is 0 Å². The Morgan fingerprint density at radius 1 is 1.08 bits per heavy atom. The van der Waals surface area contributed by atoms with Crippen molar-refractivity contribution in [1.82, 2.24) is 0 Å². The molecule has 1 aliphatic rings. The minimum Gasteiger partial charge on any atom is -0.466 e. The van der Waals surface area contributed by atoms with Crippen molar-refractivity contribution in [2.24, 2.45) is 5.10 Å². The molecule has 1 heterocycles. The van der Waals surface area contributed by atoms with E-state index < -0.39 is 0 Å². The molecule has 0 N–H and O–H groups in total. The van der Waals surface area contributed by atoms with Crippen molar-refractivity contribution in [3.05, 3.63) is 65.7 Å². The molecule has 0 saturated carbocycles. The fourth-order valence-corrected chi connectivity index (χ4v) is 2.82. The number of rotatable bonds is 5. The summed E-state index contributed by atoms with van der Waals surface area (Å²) < 4.78 is 5.06. The summed E-state index contributed by atoms with van der Waals surface area (Å²) in [4.78, 5) is 24.4. The van der Waals surface area contributed by atoms with E-state index >= 15 is 0 Å². The van der Waals surface area contributed by atoms with Crippen LogP contribution in [-0.4, -0.2) is 24.2 Å². The Hall–Kier alpha value is -2.95. The number of nitrogens with zero attached hydrogens (tertiary/aromatic N) is 2. The fraction of sp³-hybridized carbons (Fsp3) is 0.250. The molecule has 5 heteroatoms. The molecule has 0 fully saturated rings. The van der Waals surface area contributed by atoms with E-state index in [0.717, 1.165) is 16.8 Å². The second kappa shape index (κ2) is 7.75. The first-order chi connectivity index (χ1) is 12.2. The molecule has 0 aromatic heterocycles. The highest BCUT2D eigenvalue weighted by atomic mass is 16.5. The summed E-state index contributed by atoms with van der Waals surface area (Å²) >= 11 is 0. The van der Waals surface area contributed by atoms with Crippen LogP contribution in [0.15, 0.2) is 59.7 Å². The Morgan fingerprint density at radius 2 is 1.80 bits per heavy atom. The lowest BCUT2D eigenvalue weighted by atomic mass is 10.0. The second-order valence-corrected chi connectivity index (χ2v) is 5.73. The average Bonchev–Trinajstić information content (AvgIpc) is 2.64. The lowest BCUT2D eigenvalue weighted by molar-refractivity contribution is -0.141. The zero-order valence-corrected chi connectivity index (χ0v) is 14.1. The smallest absolute Gasteiger partial charge is 0.311 e. The van der Waals surface area contributed by atoms with Gasteiger partial charge in [0, 0.05) is 6.42 Å². The van der Waals surface area contributed by atoms with Crippen molar-refractivity contribution in [3.8, 4) is 0 Å². The number of carbonyl (C=O) groups is 2. The van der Waals surface area contributed by atoms with Gasteiger partial charge in [-0.15, -0.1) is 0 Å². The molecule has 25 heavy (non-hydrogen) atoms. The van der Waals surface area contributed by atoms with Crippen LogP contribution in [0.5, 0.6) is 0 Å². The molecule has 1 aliphatic heterocycles. The van der Waals surface area contributed by atoms with Gasteiger partial charge in [0.2, 0.25) is 5.91 Å². The maximum absolute atomic E-state index is 12.4. The van der Waals surface area contributed by atoms with Gasteiger partial charge in [-0.05, 0) is 30.5 Å². The Morgan fingerprint density at radius 3 is 2.56 bits per heavy atom. The summed E-state index contributed by atoms with van der Waals surface area (Å²) in [5.41, 5.74) is 3.17. The van der Waals surface area contributed by atoms with Gasteiger partial charge in [-0.3, -0.25) is 9.59 Å². The monoisotopic (exact) mass is 336 g/mol. The summed E-state index contributed by atoms with van der Waals surface area (Å²) in [5.74, 6) is -0.432. The zero-order chi connectivity index (χ0) is 17.6. The zero-order valence-electron chi connectivity index (χ0n) is 14.1. The molecule has 2 aromatic rings. The maximum atomic E-state index is 12.4. The summed E-state index contributed by atoms with van der Waals surface area (Å²) in [7, 11) is 0. The number of hydrazone groups is 1. The van der Waals surface area contributed by atoms with Crippen LogP contribution in [0, 0.1) is 0 Å². The van der Waals surface area contributed by atoms with Crippen LogP contribution < -0.4 is 5.01 Å². The lowest BCUT2D eigenvalue weighted by Gasteiger charge is -2.26. The highest BCUT2D eigenvalue weighted by Gasteiger charge is 2.25. The predicted molar refractivity (Wildman–Crippen MR) is 96.5 cm³/mol. The van der Waals surface area contributed by atoms with Crippen LogP contribution in [0.3, 0.4) is 0 Å². The van der Waals surface area contributed by atoms with Gasteiger partial charge >= 0.3 is 5.97 Å². The topological polar surface area (TPSA) is 59.0 Å². The molecular formula is C20H20N2O3. The van der Waals surface area contributed by atoms with Crippen LogP contribution in [0.4, 0.5) is 5.69 Å². The van der Waals surface area contributed by atoms with Gasteiger partial charge < -0.3 is 4.74 Å². The average molecular weight is 336 g/mol. The van der Waals surface area contributed by atoms with Gasteiger partial charge in [-0.25, -0.2) is 5.01 Å². The van der Waals surface area contributed by atoms with Gasteiger partial charge in [-0.2, -0.15) is 5.10 Å². The van der Waals surface area contributed by atoms with E-state index in [9.17, 15) is 9.59 Å². The number of benzene rings is 2. The number of esters is 1. The molecule has 3 rings (SSSR count). The van der Waals surface area contributed by atoms with Crippen molar-refractivity contribution >= 4 is 23.3 Å². The van der Waals surface area contributed by atoms with Crippen LogP contribution in [0.2, 0.25) is 0 Å². The number of hydrogen-bond donors (Lipinski definition) is 0. The maximum Gasteiger partial charge on any atom is 0.311 e. The highest BCUT2D eigenvalue weighted by Crippen LogP contribution is 2.28. The number of fused-ring (bicyclic) bond motifs is 1. The number of carbonyl (C=O) groups excluding carboxylic acids is 2. The van der Waals surface area contributed by atoms with E-state index in [1.165, 1.54) is 5.01 Å². The summed E-state index contributed by atoms with van der Waals surface area (Å²) in [6.45, 7) is 2.08. The molecule has 0 saturated heterocycles. The third-order valence-corrected chi connectivity index (χ3v) is 4.01. The summed E-state index contributed by atoms with van der Waals surface area (Å²) in [6.07, 6.45) is 1.13. The first kappa shape index (κ1) is 16.9. The van der Waals surface area contributed by atoms with E-state index in [2.05, 4.69) is 5.10 Å². The summed E-state index contributed by atoms with van der Waals surface area (Å²) in [5, 5.41) is 5.97. The van der Waals surface area contributed by atoms with Crippen LogP contribution in [0.25, 0.3) is 0 Å². The first-order valence-electron chi connectivity index (χ1n) is 8.38. The largest absolute Gasteiger partial charge is 0.466 e. The van der Waals surface area contributed by atoms with Crippen molar-refractivity contribution in [1.29, 1.82) is 0 Å². The van der Waals surface area contributed by atoms with Gasteiger partial charge in [0.15, 0.2) is 0 Å². The molecule has 1 amide bonds. The number of para-hydroxylation sites is 1. The first-order valence-corrected chi connectivity index (χ1v) is 8.38. The Balaban J connectivity index is 2.00.